The topological polar surface area (TPSA) is 72.2 Å². The van der Waals surface area contributed by atoms with Crippen molar-refractivity contribution in [2.75, 3.05) is 0 Å². The molecular formula is C14H16N2O3. The van der Waals surface area contributed by atoms with Crippen LogP contribution in [0.25, 0.3) is 11.0 Å². The molecule has 19 heavy (non-hydrogen) atoms. The lowest BCUT2D eigenvalue weighted by molar-refractivity contribution is -0.137. The number of rotatable bonds is 5. The minimum absolute atomic E-state index is 0.0245. The molecule has 5 heteroatoms. The van der Waals surface area contributed by atoms with Gasteiger partial charge in [0.15, 0.2) is 5.78 Å². The zero-order valence-electron chi connectivity index (χ0n) is 11.0. The van der Waals surface area contributed by atoms with Crippen LogP contribution in [-0.2, 0) is 11.8 Å². The highest BCUT2D eigenvalue weighted by atomic mass is 16.4. The van der Waals surface area contributed by atoms with Gasteiger partial charge in [-0.1, -0.05) is 0 Å². The second-order valence-corrected chi connectivity index (χ2v) is 4.59. The second-order valence-electron chi connectivity index (χ2n) is 4.59. The van der Waals surface area contributed by atoms with E-state index in [2.05, 4.69) is 4.98 Å². The Morgan fingerprint density at radius 3 is 2.74 bits per heavy atom. The number of aryl methyl sites for hydroxylation is 2. The Balaban J connectivity index is 2.16. The summed E-state index contributed by atoms with van der Waals surface area (Å²) in [6.45, 7) is 1.91. The lowest BCUT2D eigenvalue weighted by atomic mass is 10.0. The molecule has 2 rings (SSSR count). The second kappa shape index (κ2) is 5.22. The van der Waals surface area contributed by atoms with Gasteiger partial charge in [0, 0.05) is 25.5 Å². The molecule has 1 N–H and O–H groups in total. The van der Waals surface area contributed by atoms with Gasteiger partial charge in [-0.25, -0.2) is 4.98 Å². The summed E-state index contributed by atoms with van der Waals surface area (Å²) in [6, 6.07) is 5.41. The van der Waals surface area contributed by atoms with Gasteiger partial charge in [-0.05, 0) is 31.5 Å². The molecule has 0 amide bonds. The number of hydrogen-bond acceptors (Lipinski definition) is 3. The molecule has 2 aromatic rings. The van der Waals surface area contributed by atoms with Crippen molar-refractivity contribution in [2.45, 2.75) is 26.2 Å². The quantitative estimate of drug-likeness (QED) is 0.837. The number of hydrogen-bond donors (Lipinski definition) is 1. The van der Waals surface area contributed by atoms with Crippen LogP contribution in [0.15, 0.2) is 18.2 Å². The third kappa shape index (κ3) is 2.81. The van der Waals surface area contributed by atoms with E-state index in [9.17, 15) is 9.59 Å². The number of carbonyl (C=O) groups excluding carboxylic acids is 1. The molecule has 1 heterocycles. The fourth-order valence-electron chi connectivity index (χ4n) is 2.04. The van der Waals surface area contributed by atoms with Gasteiger partial charge >= 0.3 is 5.97 Å². The smallest absolute Gasteiger partial charge is 0.303 e. The zero-order chi connectivity index (χ0) is 14.0. The average Bonchev–Trinajstić information content (AvgIpc) is 2.64. The van der Waals surface area contributed by atoms with Crippen LogP contribution in [0, 0.1) is 6.92 Å². The summed E-state index contributed by atoms with van der Waals surface area (Å²) < 4.78 is 1.97. The number of carboxylic acids is 1. The van der Waals surface area contributed by atoms with Crippen molar-refractivity contribution in [3.8, 4) is 0 Å². The molecule has 100 valence electrons. The van der Waals surface area contributed by atoms with Crippen molar-refractivity contribution in [1.29, 1.82) is 0 Å². The van der Waals surface area contributed by atoms with E-state index in [0.29, 0.717) is 12.0 Å². The molecule has 0 bridgehead atoms. The van der Waals surface area contributed by atoms with E-state index in [1.54, 1.807) is 12.1 Å². The number of aliphatic carboxylic acids is 1. The maximum Gasteiger partial charge on any atom is 0.303 e. The Morgan fingerprint density at radius 1 is 1.32 bits per heavy atom. The van der Waals surface area contributed by atoms with Gasteiger partial charge in [0.05, 0.1) is 11.0 Å². The minimum atomic E-state index is -0.872. The summed E-state index contributed by atoms with van der Waals surface area (Å²) >= 11 is 0. The molecule has 0 unspecified atom stereocenters. The number of imidazole rings is 1. The summed E-state index contributed by atoms with van der Waals surface area (Å²) in [5.41, 5.74) is 2.37. The molecule has 0 radical (unpaired) electrons. The van der Waals surface area contributed by atoms with Crippen LogP contribution in [-0.4, -0.2) is 26.4 Å². The Hall–Kier alpha value is -2.17. The molecule has 1 aromatic carbocycles. The van der Waals surface area contributed by atoms with E-state index in [-0.39, 0.29) is 18.6 Å². The zero-order valence-corrected chi connectivity index (χ0v) is 11.0. The van der Waals surface area contributed by atoms with Crippen LogP contribution in [0.1, 0.15) is 35.4 Å². The fraction of sp³-hybridized carbons (Fsp3) is 0.357. The molecule has 0 fully saturated rings. The minimum Gasteiger partial charge on any atom is -0.481 e. The SMILES string of the molecule is Cc1nc2cc(C(=O)CCCC(=O)O)ccc2n1C. The first-order valence-corrected chi connectivity index (χ1v) is 6.17. The van der Waals surface area contributed by atoms with Crippen LogP contribution in [0.3, 0.4) is 0 Å². The number of aromatic nitrogens is 2. The average molecular weight is 260 g/mol. The number of benzene rings is 1. The molecule has 1 aromatic heterocycles. The molecule has 0 saturated carbocycles. The Kier molecular flexibility index (Phi) is 3.64. The molecule has 5 nitrogen and oxygen atoms in total. The molecule has 0 aliphatic carbocycles. The molecule has 0 atom stereocenters. The number of fused-ring (bicyclic) bond motifs is 1. The molecular weight excluding hydrogens is 244 g/mol. The largest absolute Gasteiger partial charge is 0.481 e. The van der Waals surface area contributed by atoms with Crippen LogP contribution >= 0.6 is 0 Å². The Labute approximate surface area is 110 Å². The summed E-state index contributed by atoms with van der Waals surface area (Å²) in [4.78, 5) is 26.7. The van der Waals surface area contributed by atoms with Crippen LogP contribution in [0.2, 0.25) is 0 Å². The third-order valence-corrected chi connectivity index (χ3v) is 3.22. The lowest BCUT2D eigenvalue weighted by Crippen LogP contribution is -2.01. The van der Waals surface area contributed by atoms with E-state index in [4.69, 9.17) is 5.11 Å². The fourth-order valence-corrected chi connectivity index (χ4v) is 2.04. The van der Waals surface area contributed by atoms with E-state index < -0.39 is 5.97 Å². The number of Topliss-reactive ketones (excluding diaryl/α,β-unsaturated/α-hetero) is 1. The van der Waals surface area contributed by atoms with Crippen molar-refractivity contribution in [3.05, 3.63) is 29.6 Å². The van der Waals surface area contributed by atoms with Crippen LogP contribution in [0.4, 0.5) is 0 Å². The highest BCUT2D eigenvalue weighted by Crippen LogP contribution is 2.18. The first-order chi connectivity index (χ1) is 8.99. The lowest BCUT2D eigenvalue weighted by Gasteiger charge is -2.01. The van der Waals surface area contributed by atoms with Gasteiger partial charge in [0.25, 0.3) is 0 Å². The maximum absolute atomic E-state index is 11.9. The molecule has 0 aliphatic rings. The summed E-state index contributed by atoms with van der Waals surface area (Å²) in [5.74, 6) is -0.0134. The number of ketones is 1. The summed E-state index contributed by atoms with van der Waals surface area (Å²) in [6.07, 6.45) is 0.647. The van der Waals surface area contributed by atoms with Crippen LogP contribution < -0.4 is 0 Å². The Bertz CT molecular complexity index is 643. The summed E-state index contributed by atoms with van der Waals surface area (Å²) in [7, 11) is 1.93. The first kappa shape index (κ1) is 13.3. The number of carboxylic acid groups (broad SMARTS) is 1. The van der Waals surface area contributed by atoms with E-state index >= 15 is 0 Å². The number of nitrogens with zero attached hydrogens (tertiary/aromatic N) is 2. The normalized spacial score (nSPS) is 10.8. The van der Waals surface area contributed by atoms with Crippen molar-refractivity contribution >= 4 is 22.8 Å². The van der Waals surface area contributed by atoms with Crippen molar-refractivity contribution < 1.29 is 14.7 Å². The van der Waals surface area contributed by atoms with Crippen molar-refractivity contribution in [2.24, 2.45) is 7.05 Å². The first-order valence-electron chi connectivity index (χ1n) is 6.17. The van der Waals surface area contributed by atoms with Gasteiger partial charge in [0.2, 0.25) is 0 Å². The summed E-state index contributed by atoms with van der Waals surface area (Å²) in [5, 5.41) is 8.55. The third-order valence-electron chi connectivity index (χ3n) is 3.22. The number of carbonyl (C=O) groups is 2. The standard InChI is InChI=1S/C14H16N2O3/c1-9-15-11-8-10(6-7-12(11)16(9)2)13(17)4-3-5-14(18)19/h6-8H,3-5H2,1-2H3,(H,18,19). The Morgan fingerprint density at radius 2 is 2.05 bits per heavy atom. The van der Waals surface area contributed by atoms with Crippen molar-refractivity contribution in [1.82, 2.24) is 9.55 Å². The van der Waals surface area contributed by atoms with Crippen molar-refractivity contribution in [3.63, 3.8) is 0 Å². The van der Waals surface area contributed by atoms with Gasteiger partial charge in [-0.3, -0.25) is 9.59 Å². The van der Waals surface area contributed by atoms with E-state index in [0.717, 1.165) is 16.9 Å². The highest BCUT2D eigenvalue weighted by Gasteiger charge is 2.10. The predicted molar refractivity (Wildman–Crippen MR) is 71.3 cm³/mol. The molecule has 0 spiro atoms. The van der Waals surface area contributed by atoms with Gasteiger partial charge in [-0.2, -0.15) is 0 Å². The van der Waals surface area contributed by atoms with Gasteiger partial charge < -0.3 is 9.67 Å². The van der Waals surface area contributed by atoms with E-state index in [1.807, 2.05) is 24.6 Å². The molecule has 0 aliphatic heterocycles. The highest BCUT2D eigenvalue weighted by molar-refractivity contribution is 5.99. The van der Waals surface area contributed by atoms with E-state index in [1.165, 1.54) is 0 Å². The monoisotopic (exact) mass is 260 g/mol. The van der Waals surface area contributed by atoms with Crippen LogP contribution in [0.5, 0.6) is 0 Å². The van der Waals surface area contributed by atoms with Gasteiger partial charge in [-0.15, -0.1) is 0 Å². The van der Waals surface area contributed by atoms with Gasteiger partial charge in [0.1, 0.15) is 5.82 Å². The maximum atomic E-state index is 11.9. The predicted octanol–water partition coefficient (Wildman–Crippen LogP) is 2.32. The molecule has 0 saturated heterocycles.